The molecule has 1 saturated carbocycles. The minimum absolute atomic E-state index is 0.00539. The zero-order valence-corrected chi connectivity index (χ0v) is 40.3. The molecule has 3 aliphatic heterocycles. The van der Waals surface area contributed by atoms with E-state index in [4.69, 9.17) is 9.72 Å². The first-order valence-electron chi connectivity index (χ1n) is 24.2. The summed E-state index contributed by atoms with van der Waals surface area (Å²) in [5.41, 5.74) is 7.58. The summed E-state index contributed by atoms with van der Waals surface area (Å²) in [5, 5.41) is 25.0. The average molecular weight is 972 g/mol. The number of anilines is 3. The van der Waals surface area contributed by atoms with Crippen LogP contribution in [0.3, 0.4) is 0 Å². The number of nitrogens with zero attached hydrogens (tertiary/aromatic N) is 6. The summed E-state index contributed by atoms with van der Waals surface area (Å²) in [6, 6.07) is 28.6. The van der Waals surface area contributed by atoms with Crippen molar-refractivity contribution < 1.29 is 33.8 Å². The fourth-order valence-electron chi connectivity index (χ4n) is 11.2. The molecule has 4 aliphatic rings. The highest BCUT2D eigenvalue weighted by Crippen LogP contribution is 2.48. The van der Waals surface area contributed by atoms with Crippen LogP contribution in [-0.2, 0) is 34.4 Å². The number of carbonyl (C=O) groups is 5. The van der Waals surface area contributed by atoms with E-state index < -0.39 is 11.9 Å². The normalized spacial score (nSPS) is 18.9. The molecule has 3 aromatic heterocycles. The number of amides is 4. The molecule has 4 aromatic carbocycles. The van der Waals surface area contributed by atoms with Crippen LogP contribution in [0.5, 0.6) is 5.75 Å². The maximum absolute atomic E-state index is 13.7. The van der Waals surface area contributed by atoms with Gasteiger partial charge in [0.25, 0.3) is 5.91 Å². The van der Waals surface area contributed by atoms with Crippen molar-refractivity contribution in [2.45, 2.75) is 76.9 Å². The highest BCUT2D eigenvalue weighted by molar-refractivity contribution is 7.22. The van der Waals surface area contributed by atoms with E-state index in [1.807, 2.05) is 103 Å². The molecule has 7 aromatic rings. The molecule has 1 spiro atoms. The quantitative estimate of drug-likeness (QED) is 0.0907. The number of pyridine rings is 1. The van der Waals surface area contributed by atoms with Crippen molar-refractivity contribution in [2.75, 3.05) is 41.7 Å². The van der Waals surface area contributed by atoms with Crippen LogP contribution in [0.1, 0.15) is 94.1 Å². The van der Waals surface area contributed by atoms with E-state index in [0.717, 1.165) is 94.3 Å². The molecule has 1 aliphatic carbocycles. The number of likely N-dealkylation sites (tertiary alicyclic amines) is 1. The zero-order valence-electron chi connectivity index (χ0n) is 39.5. The van der Waals surface area contributed by atoms with E-state index >= 15 is 0 Å². The Morgan fingerprint density at radius 3 is 2.54 bits per heavy atom. The number of aryl methyl sites for hydroxylation is 1. The number of hydrogen-bond acceptors (Lipinski definition) is 12. The van der Waals surface area contributed by atoms with Gasteiger partial charge in [-0.1, -0.05) is 47.7 Å². The van der Waals surface area contributed by atoms with Crippen LogP contribution in [0.2, 0.25) is 0 Å². The number of piperidine rings is 2. The van der Waals surface area contributed by atoms with Crippen molar-refractivity contribution in [3.63, 3.8) is 0 Å². The Morgan fingerprint density at radius 1 is 0.887 bits per heavy atom. The summed E-state index contributed by atoms with van der Waals surface area (Å²) < 4.78 is 9.44. The number of rotatable bonds is 11. The third kappa shape index (κ3) is 9.11. The van der Waals surface area contributed by atoms with Gasteiger partial charge in [0, 0.05) is 48.8 Å². The van der Waals surface area contributed by atoms with Crippen LogP contribution >= 0.6 is 11.3 Å². The summed E-state index contributed by atoms with van der Waals surface area (Å²) in [6.07, 6.45) is 6.14. The molecule has 2 saturated heterocycles. The molecular weight excluding hydrogens is 919 g/mol. The van der Waals surface area contributed by atoms with Gasteiger partial charge in [-0.2, -0.15) is 5.10 Å². The first-order valence-corrected chi connectivity index (χ1v) is 25.0. The minimum atomic E-state index is -1.13. The van der Waals surface area contributed by atoms with Gasteiger partial charge < -0.3 is 20.1 Å². The molecule has 362 valence electrons. The number of imide groups is 1. The number of carbonyl (C=O) groups excluding carboxylic acids is 4. The van der Waals surface area contributed by atoms with E-state index in [2.05, 4.69) is 30.9 Å². The van der Waals surface area contributed by atoms with Gasteiger partial charge in [0.1, 0.15) is 11.6 Å². The standard InChI is InChI=1S/C54H53N9O7S/c1-31-35(36-15-17-45(57-49(36)52(68)69)63-24-20-32-7-5-9-37(40(32)29-63)50(66)59-53-56-41-10-3-4-12-44(41)71-53)8-6-11-43(31)70-34-19-21-54(28-34)22-25-62(26-23-54)30-47(65)55-33-13-14-38-42(27-33)61(2)60-48(38)39-16-18-46(64)58-51(39)67/h3-15,17,27,34,39H,16,18-26,28-30H2,1-2H3,(H,55,65)(H,68,69)(H,56,59,66)(H,58,64,67)/t34-,39+/m0/s1. The number of hydrogen-bond donors (Lipinski definition) is 4. The second-order valence-corrected chi connectivity index (χ2v) is 20.4. The zero-order chi connectivity index (χ0) is 49.0. The molecule has 17 heteroatoms. The molecule has 2 atom stereocenters. The molecule has 11 rings (SSSR count). The summed E-state index contributed by atoms with van der Waals surface area (Å²) in [4.78, 5) is 77.8. The second kappa shape index (κ2) is 18.7. The van der Waals surface area contributed by atoms with Crippen LogP contribution in [0.15, 0.2) is 91.0 Å². The Morgan fingerprint density at radius 2 is 1.72 bits per heavy atom. The average Bonchev–Trinajstić information content (AvgIpc) is 4.06. The van der Waals surface area contributed by atoms with Crippen LogP contribution in [0.4, 0.5) is 16.6 Å². The number of fused-ring (bicyclic) bond motifs is 3. The van der Waals surface area contributed by atoms with Gasteiger partial charge >= 0.3 is 5.97 Å². The Kier molecular flexibility index (Phi) is 12.1. The maximum atomic E-state index is 13.7. The van der Waals surface area contributed by atoms with Gasteiger partial charge in [0.15, 0.2) is 10.8 Å². The summed E-state index contributed by atoms with van der Waals surface area (Å²) in [7, 11) is 1.81. The van der Waals surface area contributed by atoms with E-state index in [-0.39, 0.29) is 53.8 Å². The van der Waals surface area contributed by atoms with Crippen molar-refractivity contribution in [1.29, 1.82) is 0 Å². The number of nitrogens with one attached hydrogen (secondary N) is 3. The Labute approximate surface area is 413 Å². The SMILES string of the molecule is Cc1c(O[C@H]2CCC3(CCN(CC(=O)Nc4ccc5c([C@H]6CCC(=O)NC6=O)nn(C)c5c4)CC3)C2)cccc1-c1ccc(N2CCc3cccc(C(=O)Nc4nc5ccccc5s4)c3C2)nc1C(=O)O. The lowest BCUT2D eigenvalue weighted by molar-refractivity contribution is -0.134. The Hall–Kier alpha value is -7.50. The molecular formula is C54H53N9O7S. The number of carboxylic acids is 1. The first kappa shape index (κ1) is 45.9. The minimum Gasteiger partial charge on any atom is -0.490 e. The molecule has 16 nitrogen and oxygen atoms in total. The van der Waals surface area contributed by atoms with Gasteiger partial charge in [0.05, 0.1) is 40.0 Å². The van der Waals surface area contributed by atoms with Crippen LogP contribution < -0.4 is 25.6 Å². The predicted octanol–water partition coefficient (Wildman–Crippen LogP) is 8.24. The molecule has 4 N–H and O–H groups in total. The number of thiazole rings is 1. The molecule has 6 heterocycles. The fraction of sp³-hybridized carbons (Fsp3) is 0.333. The van der Waals surface area contributed by atoms with Crippen molar-refractivity contribution in [3.8, 4) is 16.9 Å². The van der Waals surface area contributed by atoms with E-state index in [0.29, 0.717) is 59.4 Å². The topological polar surface area (TPSA) is 201 Å². The Balaban J connectivity index is 0.709. The van der Waals surface area contributed by atoms with Gasteiger partial charge in [-0.25, -0.2) is 14.8 Å². The number of aromatic carboxylic acids is 1. The van der Waals surface area contributed by atoms with E-state index in [1.165, 1.54) is 11.3 Å². The first-order chi connectivity index (χ1) is 34.4. The van der Waals surface area contributed by atoms with Gasteiger partial charge in [-0.3, -0.25) is 39.4 Å². The van der Waals surface area contributed by atoms with Crippen LogP contribution in [-0.4, -0.2) is 91.6 Å². The maximum Gasteiger partial charge on any atom is 0.355 e. The third-order valence-electron chi connectivity index (χ3n) is 15.0. The molecule has 4 amide bonds. The van der Waals surface area contributed by atoms with Crippen LogP contribution in [0.25, 0.3) is 32.2 Å². The number of carboxylic acid groups (broad SMARTS) is 1. The number of benzene rings is 4. The molecule has 3 fully saturated rings. The van der Waals surface area contributed by atoms with Gasteiger partial charge in [-0.05, 0) is 147 Å². The number of para-hydroxylation sites is 1. The molecule has 0 bridgehead atoms. The molecule has 0 unspecified atom stereocenters. The molecule has 71 heavy (non-hydrogen) atoms. The van der Waals surface area contributed by atoms with Crippen molar-refractivity contribution in [2.24, 2.45) is 12.5 Å². The summed E-state index contributed by atoms with van der Waals surface area (Å²) >= 11 is 1.43. The number of aromatic nitrogens is 4. The lowest BCUT2D eigenvalue weighted by Gasteiger charge is -2.39. The largest absolute Gasteiger partial charge is 0.490 e. The third-order valence-corrected chi connectivity index (χ3v) is 15.9. The fourth-order valence-corrected chi connectivity index (χ4v) is 12.0. The van der Waals surface area contributed by atoms with Crippen LogP contribution in [0, 0.1) is 12.3 Å². The van der Waals surface area contributed by atoms with E-state index in [1.54, 1.807) is 11.7 Å². The van der Waals surface area contributed by atoms with Gasteiger partial charge in [-0.15, -0.1) is 0 Å². The smallest absolute Gasteiger partial charge is 0.355 e. The number of ether oxygens (including phenoxy) is 1. The second-order valence-electron chi connectivity index (χ2n) is 19.4. The van der Waals surface area contributed by atoms with Crippen molar-refractivity contribution in [1.82, 2.24) is 30.0 Å². The highest BCUT2D eigenvalue weighted by Gasteiger charge is 2.43. The summed E-state index contributed by atoms with van der Waals surface area (Å²) in [6.45, 7) is 4.86. The van der Waals surface area contributed by atoms with E-state index in [9.17, 15) is 29.1 Å². The monoisotopic (exact) mass is 971 g/mol. The van der Waals surface area contributed by atoms with Gasteiger partial charge in [0.2, 0.25) is 17.7 Å². The van der Waals surface area contributed by atoms with Crippen molar-refractivity contribution in [3.05, 3.63) is 125 Å². The summed E-state index contributed by atoms with van der Waals surface area (Å²) in [5.74, 6) is -1.32. The predicted molar refractivity (Wildman–Crippen MR) is 271 cm³/mol. The highest BCUT2D eigenvalue weighted by atomic mass is 32.1. The Bertz CT molecular complexity index is 3270. The lowest BCUT2D eigenvalue weighted by atomic mass is 9.77. The van der Waals surface area contributed by atoms with Crippen molar-refractivity contribution >= 4 is 78.7 Å². The lowest BCUT2D eigenvalue weighted by Crippen LogP contribution is -2.42. The molecule has 0 radical (unpaired) electrons.